The number of piperidine rings is 1. The molecule has 1 saturated heterocycles. The predicted molar refractivity (Wildman–Crippen MR) is 144 cm³/mol. The van der Waals surface area contributed by atoms with Crippen LogP contribution in [0.25, 0.3) is 10.9 Å². The van der Waals surface area contributed by atoms with Gasteiger partial charge in [0.15, 0.2) is 11.5 Å². The number of aliphatic carboxylic acids is 1. The number of para-hydroxylation sites is 1. The first kappa shape index (κ1) is 24.8. The number of pyridine rings is 1. The molecule has 0 saturated carbocycles. The predicted octanol–water partition coefficient (Wildman–Crippen LogP) is 6.24. The van der Waals surface area contributed by atoms with E-state index in [0.717, 1.165) is 40.4 Å². The topological polar surface area (TPSA) is 71.9 Å². The van der Waals surface area contributed by atoms with Crippen LogP contribution in [0, 0.1) is 0 Å². The maximum atomic E-state index is 12.3. The molecule has 190 valence electrons. The van der Waals surface area contributed by atoms with Crippen molar-refractivity contribution in [1.82, 2.24) is 9.88 Å². The molecule has 5 rings (SSSR count). The number of fused-ring (bicyclic) bond motifs is 1. The molecule has 1 fully saturated rings. The minimum atomic E-state index is -0.786. The second kappa shape index (κ2) is 11.4. The highest BCUT2D eigenvalue weighted by atomic mass is 16.5. The summed E-state index contributed by atoms with van der Waals surface area (Å²) in [6.45, 7) is 3.58. The van der Waals surface area contributed by atoms with Crippen molar-refractivity contribution in [1.29, 1.82) is 0 Å². The molecule has 0 bridgehead atoms. The first-order chi connectivity index (χ1) is 18.1. The summed E-state index contributed by atoms with van der Waals surface area (Å²) in [6, 6.07) is 25.3. The molecular weight excluding hydrogens is 464 g/mol. The Balaban J connectivity index is 1.55. The Hall–Kier alpha value is -3.90. The summed E-state index contributed by atoms with van der Waals surface area (Å²) < 4.78 is 12.1. The molecule has 6 nitrogen and oxygen atoms in total. The fourth-order valence-electron chi connectivity index (χ4n) is 5.16. The quantitative estimate of drug-likeness (QED) is 0.296. The van der Waals surface area contributed by atoms with Crippen molar-refractivity contribution in [3.63, 3.8) is 0 Å². The Morgan fingerprint density at radius 3 is 2.59 bits per heavy atom. The van der Waals surface area contributed by atoms with Gasteiger partial charge in [-0.1, -0.05) is 61.0 Å². The van der Waals surface area contributed by atoms with Crippen molar-refractivity contribution < 1.29 is 19.4 Å². The number of ether oxygens (including phenoxy) is 2. The smallest absolute Gasteiger partial charge is 0.320 e. The molecule has 0 spiro atoms. The van der Waals surface area contributed by atoms with E-state index in [0.29, 0.717) is 37.7 Å². The zero-order valence-corrected chi connectivity index (χ0v) is 21.0. The van der Waals surface area contributed by atoms with Crippen LogP contribution < -0.4 is 9.47 Å². The summed E-state index contributed by atoms with van der Waals surface area (Å²) in [6.07, 6.45) is 4.37. The minimum Gasteiger partial charge on any atom is -0.490 e. The molecule has 2 unspecified atom stereocenters. The van der Waals surface area contributed by atoms with Crippen LogP contribution in [0.2, 0.25) is 0 Å². The average molecular weight is 497 g/mol. The molecule has 0 aliphatic carbocycles. The van der Waals surface area contributed by atoms with E-state index >= 15 is 0 Å². The van der Waals surface area contributed by atoms with Gasteiger partial charge < -0.3 is 14.6 Å². The molecule has 1 aromatic heterocycles. The lowest BCUT2D eigenvalue weighted by atomic mass is 9.91. The van der Waals surface area contributed by atoms with E-state index in [4.69, 9.17) is 14.5 Å². The molecule has 0 amide bonds. The Morgan fingerprint density at radius 2 is 1.78 bits per heavy atom. The summed E-state index contributed by atoms with van der Waals surface area (Å²) in [7, 11) is 0. The molecule has 2 atom stereocenters. The van der Waals surface area contributed by atoms with Gasteiger partial charge in [0.1, 0.15) is 12.6 Å². The van der Waals surface area contributed by atoms with Gasteiger partial charge in [0.05, 0.1) is 18.2 Å². The molecule has 6 heteroatoms. The maximum absolute atomic E-state index is 12.3. The summed E-state index contributed by atoms with van der Waals surface area (Å²) in [5.74, 6) is 0.531. The summed E-state index contributed by atoms with van der Waals surface area (Å²) in [5.41, 5.74) is 3.91. The summed E-state index contributed by atoms with van der Waals surface area (Å²) in [4.78, 5) is 19.1. The molecule has 37 heavy (non-hydrogen) atoms. The van der Waals surface area contributed by atoms with E-state index < -0.39 is 12.0 Å². The number of aromatic nitrogens is 1. The van der Waals surface area contributed by atoms with Crippen LogP contribution in [-0.4, -0.2) is 40.2 Å². The van der Waals surface area contributed by atoms with Crippen molar-refractivity contribution in [2.24, 2.45) is 0 Å². The van der Waals surface area contributed by atoms with Gasteiger partial charge in [-0.2, -0.15) is 0 Å². The molecule has 1 aliphatic heterocycles. The van der Waals surface area contributed by atoms with Crippen LogP contribution >= 0.6 is 0 Å². The number of hydrogen-bond acceptors (Lipinski definition) is 5. The Kier molecular flexibility index (Phi) is 7.66. The SMILES string of the molecule is CCOc1cc(C(c2cnc3ccccc3c2)N2CCCCC2C(=O)O)ccc1OCc1ccccc1. The standard InChI is InChI=1S/C31H32N2O4/c1-2-36-29-19-24(15-16-28(29)37-21-22-10-4-3-5-11-22)30(33-17-9-8-14-27(33)31(34)35)25-18-23-12-6-7-13-26(23)32-20-25/h3-7,10-13,15-16,18-20,27,30H,2,8-9,14,17,21H2,1H3,(H,34,35). The molecule has 4 aromatic rings. The number of nitrogens with zero attached hydrogens (tertiary/aromatic N) is 2. The van der Waals surface area contributed by atoms with Crippen LogP contribution in [0.15, 0.2) is 85.1 Å². The summed E-state index contributed by atoms with van der Waals surface area (Å²) in [5, 5.41) is 11.1. The van der Waals surface area contributed by atoms with Crippen molar-refractivity contribution in [3.8, 4) is 11.5 Å². The van der Waals surface area contributed by atoms with Crippen molar-refractivity contribution in [2.45, 2.75) is 44.9 Å². The lowest BCUT2D eigenvalue weighted by molar-refractivity contribution is -0.145. The van der Waals surface area contributed by atoms with Crippen molar-refractivity contribution in [2.75, 3.05) is 13.2 Å². The Labute approximate surface area is 217 Å². The van der Waals surface area contributed by atoms with Crippen molar-refractivity contribution in [3.05, 3.63) is 102 Å². The van der Waals surface area contributed by atoms with E-state index in [1.165, 1.54) is 0 Å². The highest BCUT2D eigenvalue weighted by molar-refractivity contribution is 5.79. The van der Waals surface area contributed by atoms with Gasteiger partial charge in [-0.25, -0.2) is 0 Å². The summed E-state index contributed by atoms with van der Waals surface area (Å²) >= 11 is 0. The van der Waals surface area contributed by atoms with E-state index in [2.05, 4.69) is 11.0 Å². The minimum absolute atomic E-state index is 0.277. The van der Waals surface area contributed by atoms with Gasteiger partial charge in [0.25, 0.3) is 0 Å². The number of benzene rings is 3. The number of rotatable bonds is 9. The lowest BCUT2D eigenvalue weighted by Gasteiger charge is -2.39. The average Bonchev–Trinajstić information content (AvgIpc) is 2.93. The molecular formula is C31H32N2O4. The fraction of sp³-hybridized carbons (Fsp3) is 0.290. The number of carboxylic acids is 1. The molecule has 2 heterocycles. The first-order valence-corrected chi connectivity index (χ1v) is 12.9. The number of likely N-dealkylation sites (tertiary alicyclic amines) is 1. The normalized spacial score (nSPS) is 16.8. The monoisotopic (exact) mass is 496 g/mol. The zero-order valence-electron chi connectivity index (χ0n) is 21.0. The largest absolute Gasteiger partial charge is 0.490 e. The molecule has 3 aromatic carbocycles. The van der Waals surface area contributed by atoms with Crippen LogP contribution in [0.4, 0.5) is 0 Å². The highest BCUT2D eigenvalue weighted by Crippen LogP contribution is 2.39. The van der Waals surface area contributed by atoms with Gasteiger partial charge in [-0.05, 0) is 67.3 Å². The van der Waals surface area contributed by atoms with Gasteiger partial charge >= 0.3 is 5.97 Å². The van der Waals surface area contributed by atoms with E-state index in [1.807, 2.05) is 85.9 Å². The Bertz CT molecular complexity index is 1360. The van der Waals surface area contributed by atoms with E-state index in [9.17, 15) is 9.90 Å². The lowest BCUT2D eigenvalue weighted by Crippen LogP contribution is -2.46. The van der Waals surface area contributed by atoms with Crippen LogP contribution in [-0.2, 0) is 11.4 Å². The third-order valence-corrected chi connectivity index (χ3v) is 6.91. The van der Waals surface area contributed by atoms with Crippen LogP contribution in [0.3, 0.4) is 0 Å². The van der Waals surface area contributed by atoms with Gasteiger partial charge in [0.2, 0.25) is 0 Å². The van der Waals surface area contributed by atoms with Crippen molar-refractivity contribution >= 4 is 16.9 Å². The van der Waals surface area contributed by atoms with E-state index in [1.54, 1.807) is 0 Å². The maximum Gasteiger partial charge on any atom is 0.320 e. The van der Waals surface area contributed by atoms with Gasteiger partial charge in [-0.15, -0.1) is 0 Å². The number of hydrogen-bond donors (Lipinski definition) is 1. The second-order valence-corrected chi connectivity index (χ2v) is 9.36. The Morgan fingerprint density at radius 1 is 0.973 bits per heavy atom. The molecule has 1 aliphatic rings. The zero-order chi connectivity index (χ0) is 25.6. The second-order valence-electron chi connectivity index (χ2n) is 9.36. The highest BCUT2D eigenvalue weighted by Gasteiger charge is 2.35. The number of carbonyl (C=O) groups is 1. The first-order valence-electron chi connectivity index (χ1n) is 12.9. The van der Waals surface area contributed by atoms with Crippen LogP contribution in [0.5, 0.6) is 11.5 Å². The van der Waals surface area contributed by atoms with Crippen LogP contribution in [0.1, 0.15) is 48.9 Å². The fourth-order valence-corrected chi connectivity index (χ4v) is 5.16. The van der Waals surface area contributed by atoms with Gasteiger partial charge in [0, 0.05) is 11.6 Å². The third-order valence-electron chi connectivity index (χ3n) is 6.91. The van der Waals surface area contributed by atoms with Gasteiger partial charge in [-0.3, -0.25) is 14.7 Å². The van der Waals surface area contributed by atoms with E-state index in [-0.39, 0.29) is 6.04 Å². The molecule has 1 N–H and O–H groups in total. The molecule has 0 radical (unpaired) electrons. The third kappa shape index (κ3) is 5.59. The number of carboxylic acid groups (broad SMARTS) is 1.